The summed E-state index contributed by atoms with van der Waals surface area (Å²) in [6, 6.07) is 0. The second-order valence-electron chi connectivity index (χ2n) is 3.56. The van der Waals surface area contributed by atoms with Gasteiger partial charge in [0.05, 0.1) is 0 Å². The largest absolute Gasteiger partial charge is 0.299 e. The number of Topliss-reactive ketones (excluding diaryl/α,β-unsaturated/α-hetero) is 1. The zero-order chi connectivity index (χ0) is 6.43. The summed E-state index contributed by atoms with van der Waals surface area (Å²) < 4.78 is 0. The molecule has 0 unspecified atom stereocenters. The molecule has 0 amide bonds. The van der Waals surface area contributed by atoms with Crippen molar-refractivity contribution in [3.8, 4) is 0 Å². The fourth-order valence-corrected chi connectivity index (χ4v) is 1.89. The lowest BCUT2D eigenvalue weighted by Crippen LogP contribution is -2.17. The van der Waals surface area contributed by atoms with Crippen LogP contribution in [-0.2, 0) is 4.79 Å². The molecule has 9 heavy (non-hydrogen) atoms. The molecule has 0 bridgehead atoms. The van der Waals surface area contributed by atoms with Gasteiger partial charge in [0.1, 0.15) is 5.78 Å². The third-order valence-electron chi connectivity index (χ3n) is 2.74. The van der Waals surface area contributed by atoms with Gasteiger partial charge in [-0.15, -0.1) is 0 Å². The molecule has 50 valence electrons. The fourth-order valence-electron chi connectivity index (χ4n) is 1.89. The molecule has 0 spiro atoms. The number of ketones is 1. The highest BCUT2D eigenvalue weighted by atomic mass is 16.1. The molecule has 0 aliphatic heterocycles. The molecule has 2 aliphatic rings. The molecule has 0 N–H and O–H groups in total. The summed E-state index contributed by atoms with van der Waals surface area (Å²) in [5.41, 5.74) is 0. The average molecular weight is 124 g/mol. The first-order valence-corrected chi connectivity index (χ1v) is 3.80. The second kappa shape index (κ2) is 1.59. The van der Waals surface area contributed by atoms with Crippen LogP contribution < -0.4 is 0 Å². The normalized spacial score (nSPS) is 48.6. The summed E-state index contributed by atoms with van der Waals surface area (Å²) in [4.78, 5) is 11.0. The van der Waals surface area contributed by atoms with Crippen molar-refractivity contribution in [3.05, 3.63) is 0 Å². The summed E-state index contributed by atoms with van der Waals surface area (Å²) in [7, 11) is 0. The molecule has 0 aromatic carbocycles. The van der Waals surface area contributed by atoms with E-state index < -0.39 is 0 Å². The highest BCUT2D eigenvalue weighted by molar-refractivity contribution is 5.82. The standard InChI is InChI=1S/C8H12O/c1-5-2-6-3-7(6)4-8(5)9/h5-7H,2-4H2,1H3/t5-,6+,7+/m0/s1. The minimum absolute atomic E-state index is 0.383. The molecule has 1 nitrogen and oxygen atoms in total. The van der Waals surface area contributed by atoms with E-state index in [2.05, 4.69) is 6.92 Å². The third-order valence-corrected chi connectivity index (χ3v) is 2.74. The van der Waals surface area contributed by atoms with Crippen LogP contribution in [0.25, 0.3) is 0 Å². The Morgan fingerprint density at radius 3 is 2.78 bits per heavy atom. The van der Waals surface area contributed by atoms with Crippen LogP contribution >= 0.6 is 0 Å². The maximum absolute atomic E-state index is 11.0. The Balaban J connectivity index is 2.06. The summed E-state index contributed by atoms with van der Waals surface area (Å²) >= 11 is 0. The number of hydrogen-bond acceptors (Lipinski definition) is 1. The van der Waals surface area contributed by atoms with E-state index in [1.165, 1.54) is 12.8 Å². The maximum atomic E-state index is 11.0. The first-order chi connectivity index (χ1) is 4.27. The lowest BCUT2D eigenvalue weighted by atomic mass is 9.90. The highest BCUT2D eigenvalue weighted by Crippen LogP contribution is 2.49. The predicted octanol–water partition coefficient (Wildman–Crippen LogP) is 1.62. The summed E-state index contributed by atoms with van der Waals surface area (Å²) in [6.07, 6.45) is 3.42. The smallest absolute Gasteiger partial charge is 0.135 e. The van der Waals surface area contributed by atoms with Crippen LogP contribution in [0.1, 0.15) is 26.2 Å². The van der Waals surface area contributed by atoms with Crippen LogP contribution in [0.2, 0.25) is 0 Å². The molecule has 1 heteroatoms. The zero-order valence-electron chi connectivity index (χ0n) is 5.76. The molecule has 0 radical (unpaired) electrons. The second-order valence-corrected chi connectivity index (χ2v) is 3.56. The van der Waals surface area contributed by atoms with Crippen LogP contribution in [-0.4, -0.2) is 5.78 Å². The predicted molar refractivity (Wildman–Crippen MR) is 35.0 cm³/mol. The van der Waals surface area contributed by atoms with Crippen molar-refractivity contribution in [2.24, 2.45) is 17.8 Å². The van der Waals surface area contributed by atoms with Gasteiger partial charge in [0, 0.05) is 12.3 Å². The molecule has 0 aromatic heterocycles. The minimum Gasteiger partial charge on any atom is -0.299 e. The van der Waals surface area contributed by atoms with Crippen LogP contribution in [0.4, 0.5) is 0 Å². The Morgan fingerprint density at radius 2 is 2.11 bits per heavy atom. The lowest BCUT2D eigenvalue weighted by molar-refractivity contribution is -0.124. The van der Waals surface area contributed by atoms with Gasteiger partial charge in [-0.05, 0) is 24.7 Å². The molecular weight excluding hydrogens is 112 g/mol. The number of carbonyl (C=O) groups excluding carboxylic acids is 1. The van der Waals surface area contributed by atoms with Gasteiger partial charge in [-0.25, -0.2) is 0 Å². The van der Waals surface area contributed by atoms with E-state index in [1.54, 1.807) is 0 Å². The Bertz CT molecular complexity index is 151. The number of hydrogen-bond donors (Lipinski definition) is 0. The first kappa shape index (κ1) is 5.45. The van der Waals surface area contributed by atoms with E-state index in [1.807, 2.05) is 0 Å². The zero-order valence-corrected chi connectivity index (χ0v) is 5.76. The van der Waals surface area contributed by atoms with E-state index in [9.17, 15) is 4.79 Å². The molecule has 2 fully saturated rings. The lowest BCUT2D eigenvalue weighted by Gasteiger charge is -2.14. The maximum Gasteiger partial charge on any atom is 0.135 e. The van der Waals surface area contributed by atoms with Crippen LogP contribution in [0.15, 0.2) is 0 Å². The van der Waals surface area contributed by atoms with Gasteiger partial charge in [-0.3, -0.25) is 4.79 Å². The molecule has 0 aromatic rings. The molecule has 2 aliphatic carbocycles. The first-order valence-electron chi connectivity index (χ1n) is 3.80. The Hall–Kier alpha value is -0.330. The van der Waals surface area contributed by atoms with Gasteiger partial charge in [0.25, 0.3) is 0 Å². The van der Waals surface area contributed by atoms with Gasteiger partial charge in [0.2, 0.25) is 0 Å². The molecule has 0 heterocycles. The molecule has 2 rings (SSSR count). The third kappa shape index (κ3) is 0.790. The SMILES string of the molecule is C[C@H]1C[C@@H]2C[C@@H]2CC1=O. The Kier molecular flexibility index (Phi) is 0.961. The number of carbonyl (C=O) groups is 1. The Labute approximate surface area is 55.4 Å². The topological polar surface area (TPSA) is 17.1 Å². The molecule has 3 atom stereocenters. The fraction of sp³-hybridized carbons (Fsp3) is 0.875. The molecule has 0 saturated heterocycles. The quantitative estimate of drug-likeness (QED) is 0.479. The van der Waals surface area contributed by atoms with Gasteiger partial charge >= 0.3 is 0 Å². The van der Waals surface area contributed by atoms with Crippen LogP contribution in [0.5, 0.6) is 0 Å². The number of rotatable bonds is 0. The van der Waals surface area contributed by atoms with E-state index >= 15 is 0 Å². The average Bonchev–Trinajstić information content (AvgIpc) is 2.46. The summed E-state index contributed by atoms with van der Waals surface area (Å²) in [5.74, 6) is 2.65. The van der Waals surface area contributed by atoms with Crippen molar-refractivity contribution >= 4 is 5.78 Å². The summed E-state index contributed by atoms with van der Waals surface area (Å²) in [6.45, 7) is 2.07. The van der Waals surface area contributed by atoms with Gasteiger partial charge < -0.3 is 0 Å². The van der Waals surface area contributed by atoms with E-state index in [0.29, 0.717) is 11.7 Å². The van der Waals surface area contributed by atoms with Crippen LogP contribution in [0, 0.1) is 17.8 Å². The van der Waals surface area contributed by atoms with Crippen molar-refractivity contribution in [2.75, 3.05) is 0 Å². The van der Waals surface area contributed by atoms with E-state index in [4.69, 9.17) is 0 Å². The van der Waals surface area contributed by atoms with E-state index in [-0.39, 0.29) is 0 Å². The van der Waals surface area contributed by atoms with Crippen molar-refractivity contribution in [3.63, 3.8) is 0 Å². The van der Waals surface area contributed by atoms with Crippen molar-refractivity contribution in [2.45, 2.75) is 26.2 Å². The Morgan fingerprint density at radius 1 is 1.33 bits per heavy atom. The highest BCUT2D eigenvalue weighted by Gasteiger charge is 2.44. The van der Waals surface area contributed by atoms with Crippen molar-refractivity contribution < 1.29 is 4.79 Å². The van der Waals surface area contributed by atoms with Crippen molar-refractivity contribution in [1.82, 2.24) is 0 Å². The minimum atomic E-state index is 0.383. The molecule has 2 saturated carbocycles. The van der Waals surface area contributed by atoms with Gasteiger partial charge in [-0.1, -0.05) is 6.92 Å². The molecular formula is C8H12O. The van der Waals surface area contributed by atoms with Gasteiger partial charge in [-0.2, -0.15) is 0 Å². The summed E-state index contributed by atoms with van der Waals surface area (Å²) in [5, 5.41) is 0. The monoisotopic (exact) mass is 124 g/mol. The van der Waals surface area contributed by atoms with Crippen molar-refractivity contribution in [1.29, 1.82) is 0 Å². The van der Waals surface area contributed by atoms with E-state index in [0.717, 1.165) is 18.3 Å². The van der Waals surface area contributed by atoms with Gasteiger partial charge in [0.15, 0.2) is 0 Å². The number of fused-ring (bicyclic) bond motifs is 1. The van der Waals surface area contributed by atoms with Crippen LogP contribution in [0.3, 0.4) is 0 Å².